The first-order valence-corrected chi connectivity index (χ1v) is 7.31. The highest BCUT2D eigenvalue weighted by Crippen LogP contribution is 2.19. The lowest BCUT2D eigenvalue weighted by atomic mass is 10.0. The van der Waals surface area contributed by atoms with Crippen LogP contribution in [0, 0.1) is 6.92 Å². The number of aryl methyl sites for hydroxylation is 1. The van der Waals surface area contributed by atoms with E-state index in [1.165, 1.54) is 4.57 Å². The zero-order chi connectivity index (χ0) is 15.7. The average molecular weight is 307 g/mol. The second-order valence-electron chi connectivity index (χ2n) is 5.57. The minimum Gasteiger partial charge on any atom is -0.297 e. The van der Waals surface area contributed by atoms with E-state index in [0.717, 1.165) is 11.1 Å². The highest BCUT2D eigenvalue weighted by atomic mass is 35.5. The first-order chi connectivity index (χ1) is 9.82. The largest absolute Gasteiger partial charge is 0.330 e. The summed E-state index contributed by atoms with van der Waals surface area (Å²) in [5, 5.41) is 0.132. The molecular formula is C16H19ClN2O2. The van der Waals surface area contributed by atoms with Gasteiger partial charge in [0, 0.05) is 0 Å². The van der Waals surface area contributed by atoms with Crippen LogP contribution in [0.4, 0.5) is 0 Å². The molecule has 112 valence electrons. The van der Waals surface area contributed by atoms with E-state index in [2.05, 4.69) is 4.98 Å². The van der Waals surface area contributed by atoms with Gasteiger partial charge < -0.3 is 0 Å². The Kier molecular flexibility index (Phi) is 4.37. The van der Waals surface area contributed by atoms with Gasteiger partial charge in [-0.15, -0.1) is 0 Å². The maximum absolute atomic E-state index is 12.6. The highest BCUT2D eigenvalue weighted by Gasteiger charge is 2.19. The maximum atomic E-state index is 12.6. The number of halogens is 1. The number of aromatic nitrogens is 2. The monoisotopic (exact) mass is 306 g/mol. The molecular weight excluding hydrogens is 288 g/mol. The Morgan fingerprint density at radius 1 is 1.10 bits per heavy atom. The van der Waals surface area contributed by atoms with E-state index in [4.69, 9.17) is 11.6 Å². The molecule has 4 nitrogen and oxygen atoms in total. The number of nitrogens with one attached hydrogen (secondary N) is 1. The predicted molar refractivity (Wildman–Crippen MR) is 85.4 cm³/mol. The number of aromatic amines is 1. The molecule has 1 aromatic carbocycles. The molecule has 0 saturated heterocycles. The van der Waals surface area contributed by atoms with Gasteiger partial charge in [0.05, 0.1) is 11.6 Å². The van der Waals surface area contributed by atoms with E-state index in [1.54, 1.807) is 0 Å². The van der Waals surface area contributed by atoms with Crippen molar-refractivity contribution in [2.75, 3.05) is 0 Å². The first-order valence-electron chi connectivity index (χ1n) is 6.93. The number of benzene rings is 1. The standard InChI is InChI=1S/C16H19ClN2O2/c1-9(2)13-14(17)18-16(21)19(15(13)20)11(4)12-7-5-10(3)6-8-12/h5-9,11H,1-4H3,(H,18,21). The fourth-order valence-corrected chi connectivity index (χ4v) is 2.76. The van der Waals surface area contributed by atoms with E-state index in [1.807, 2.05) is 52.0 Å². The molecule has 5 heteroatoms. The van der Waals surface area contributed by atoms with Crippen LogP contribution in [0.2, 0.25) is 5.15 Å². The molecule has 0 aliphatic heterocycles. The minimum atomic E-state index is -0.484. The van der Waals surface area contributed by atoms with Gasteiger partial charge in [0.2, 0.25) is 0 Å². The van der Waals surface area contributed by atoms with Crippen molar-refractivity contribution in [3.05, 3.63) is 66.9 Å². The van der Waals surface area contributed by atoms with Crippen molar-refractivity contribution in [1.29, 1.82) is 0 Å². The molecule has 0 spiro atoms. The molecule has 1 unspecified atom stereocenters. The Hall–Kier alpha value is -1.81. The molecule has 0 aliphatic rings. The van der Waals surface area contributed by atoms with Crippen LogP contribution in [0.25, 0.3) is 0 Å². The Morgan fingerprint density at radius 2 is 1.67 bits per heavy atom. The van der Waals surface area contributed by atoms with Gasteiger partial charge in [0.15, 0.2) is 0 Å². The normalized spacial score (nSPS) is 12.7. The third-order valence-electron chi connectivity index (χ3n) is 3.65. The van der Waals surface area contributed by atoms with E-state index < -0.39 is 5.69 Å². The van der Waals surface area contributed by atoms with E-state index in [0.29, 0.717) is 5.56 Å². The second-order valence-corrected chi connectivity index (χ2v) is 5.95. The third-order valence-corrected chi connectivity index (χ3v) is 3.94. The lowest BCUT2D eigenvalue weighted by Crippen LogP contribution is -2.40. The maximum Gasteiger partial charge on any atom is 0.330 e. The topological polar surface area (TPSA) is 54.9 Å². The Morgan fingerprint density at radius 3 is 2.19 bits per heavy atom. The van der Waals surface area contributed by atoms with Crippen LogP contribution in [0.15, 0.2) is 33.9 Å². The first kappa shape index (κ1) is 15.6. The second kappa shape index (κ2) is 5.90. The van der Waals surface area contributed by atoms with Gasteiger partial charge in [-0.2, -0.15) is 0 Å². The van der Waals surface area contributed by atoms with Gasteiger partial charge in [0.1, 0.15) is 5.15 Å². The molecule has 1 aromatic heterocycles. The number of hydrogen-bond donors (Lipinski definition) is 1. The summed E-state index contributed by atoms with van der Waals surface area (Å²) >= 11 is 6.00. The Bertz CT molecular complexity index is 757. The lowest BCUT2D eigenvalue weighted by Gasteiger charge is -2.17. The molecule has 1 N–H and O–H groups in total. The molecule has 0 saturated carbocycles. The van der Waals surface area contributed by atoms with Gasteiger partial charge in [0.25, 0.3) is 5.56 Å². The zero-order valence-corrected chi connectivity index (χ0v) is 13.4. The van der Waals surface area contributed by atoms with Crippen LogP contribution >= 0.6 is 11.6 Å². The summed E-state index contributed by atoms with van der Waals surface area (Å²) in [5.41, 5.74) is 1.67. The zero-order valence-electron chi connectivity index (χ0n) is 12.6. The highest BCUT2D eigenvalue weighted by molar-refractivity contribution is 6.30. The summed E-state index contributed by atoms with van der Waals surface area (Å²) in [5.74, 6) is -0.0571. The van der Waals surface area contributed by atoms with Crippen LogP contribution in [-0.4, -0.2) is 9.55 Å². The predicted octanol–water partition coefficient (Wildman–Crippen LogP) is 3.23. The quantitative estimate of drug-likeness (QED) is 0.885. The van der Waals surface area contributed by atoms with Crippen LogP contribution in [-0.2, 0) is 0 Å². The van der Waals surface area contributed by atoms with Crippen molar-refractivity contribution in [3.63, 3.8) is 0 Å². The molecule has 1 atom stereocenters. The summed E-state index contributed by atoms with van der Waals surface area (Å²) in [6.45, 7) is 7.58. The fourth-order valence-electron chi connectivity index (χ4n) is 2.38. The van der Waals surface area contributed by atoms with Crippen LogP contribution in [0.3, 0.4) is 0 Å². The average Bonchev–Trinajstić information content (AvgIpc) is 2.38. The summed E-state index contributed by atoms with van der Waals surface area (Å²) in [7, 11) is 0. The third kappa shape index (κ3) is 2.95. The van der Waals surface area contributed by atoms with Gasteiger partial charge in [-0.25, -0.2) is 4.79 Å². The van der Waals surface area contributed by atoms with Crippen molar-refractivity contribution >= 4 is 11.6 Å². The number of H-pyrrole nitrogens is 1. The van der Waals surface area contributed by atoms with Crippen molar-refractivity contribution in [2.24, 2.45) is 0 Å². The fraction of sp³-hybridized carbons (Fsp3) is 0.375. The van der Waals surface area contributed by atoms with Gasteiger partial charge in [-0.05, 0) is 25.3 Å². The minimum absolute atomic E-state index is 0.0571. The molecule has 0 radical (unpaired) electrons. The Balaban J connectivity index is 2.63. The van der Waals surface area contributed by atoms with E-state index in [9.17, 15) is 9.59 Å². The van der Waals surface area contributed by atoms with Crippen molar-refractivity contribution in [2.45, 2.75) is 39.7 Å². The number of nitrogens with zero attached hydrogens (tertiary/aromatic N) is 1. The smallest absolute Gasteiger partial charge is 0.297 e. The molecule has 0 aliphatic carbocycles. The summed E-state index contributed by atoms with van der Waals surface area (Å²) in [4.78, 5) is 27.3. The van der Waals surface area contributed by atoms with Crippen LogP contribution < -0.4 is 11.2 Å². The SMILES string of the molecule is Cc1ccc(C(C)n2c(=O)[nH]c(Cl)c(C(C)C)c2=O)cc1. The molecule has 2 rings (SSSR count). The number of rotatable bonds is 3. The number of hydrogen-bond acceptors (Lipinski definition) is 2. The van der Waals surface area contributed by atoms with Gasteiger partial charge >= 0.3 is 5.69 Å². The van der Waals surface area contributed by atoms with Crippen molar-refractivity contribution in [1.82, 2.24) is 9.55 Å². The molecule has 1 heterocycles. The molecule has 21 heavy (non-hydrogen) atoms. The Labute approximate surface area is 128 Å². The van der Waals surface area contributed by atoms with Crippen molar-refractivity contribution < 1.29 is 0 Å². The molecule has 0 amide bonds. The summed E-state index contributed by atoms with van der Waals surface area (Å²) in [6, 6.07) is 7.43. The van der Waals surface area contributed by atoms with E-state index in [-0.39, 0.29) is 22.7 Å². The summed E-state index contributed by atoms with van der Waals surface area (Å²) < 4.78 is 1.23. The molecule has 2 aromatic rings. The van der Waals surface area contributed by atoms with Crippen LogP contribution in [0.1, 0.15) is 49.4 Å². The van der Waals surface area contributed by atoms with Gasteiger partial charge in [-0.3, -0.25) is 14.3 Å². The van der Waals surface area contributed by atoms with Crippen LogP contribution in [0.5, 0.6) is 0 Å². The summed E-state index contributed by atoms with van der Waals surface area (Å²) in [6.07, 6.45) is 0. The lowest BCUT2D eigenvalue weighted by molar-refractivity contribution is 0.566. The molecule has 0 bridgehead atoms. The van der Waals surface area contributed by atoms with E-state index >= 15 is 0 Å². The van der Waals surface area contributed by atoms with Crippen molar-refractivity contribution in [3.8, 4) is 0 Å². The van der Waals surface area contributed by atoms with Gasteiger partial charge in [-0.1, -0.05) is 55.3 Å². The molecule has 0 fully saturated rings.